The van der Waals surface area contributed by atoms with Gasteiger partial charge >= 0.3 is 0 Å². The number of hydrogen-bond acceptors (Lipinski definition) is 4. The van der Waals surface area contributed by atoms with Gasteiger partial charge in [-0.05, 0) is 18.6 Å². The van der Waals surface area contributed by atoms with Crippen LogP contribution in [0.2, 0.25) is 0 Å². The van der Waals surface area contributed by atoms with E-state index in [4.69, 9.17) is 5.11 Å². The molecule has 0 aromatic carbocycles. The Balaban J connectivity index is 2.60. The van der Waals surface area contributed by atoms with Gasteiger partial charge in [-0.15, -0.1) is 11.3 Å². The van der Waals surface area contributed by atoms with Crippen molar-refractivity contribution in [1.29, 1.82) is 0 Å². The lowest BCUT2D eigenvalue weighted by Gasteiger charge is -2.15. The highest BCUT2D eigenvalue weighted by atomic mass is 32.1. The Hall–Kier alpha value is -1.84. The van der Waals surface area contributed by atoms with Gasteiger partial charge in [-0.3, -0.25) is 9.59 Å². The van der Waals surface area contributed by atoms with Crippen molar-refractivity contribution < 1.29 is 14.7 Å². The van der Waals surface area contributed by atoms with Crippen molar-refractivity contribution >= 4 is 23.2 Å². The maximum Gasteiger partial charge on any atom is 0.264 e. The molecule has 0 aliphatic carbocycles. The third-order valence-corrected chi connectivity index (χ3v) is 3.40. The minimum Gasteiger partial charge on any atom is -0.384 e. The van der Waals surface area contributed by atoms with Crippen LogP contribution in [0.25, 0.3) is 0 Å². The number of thiophene rings is 1. The lowest BCUT2D eigenvalue weighted by molar-refractivity contribution is -0.121. The molecule has 2 amide bonds. The van der Waals surface area contributed by atoms with Gasteiger partial charge in [0, 0.05) is 13.6 Å². The molecule has 5 nitrogen and oxygen atoms in total. The highest BCUT2D eigenvalue weighted by Crippen LogP contribution is 2.16. The van der Waals surface area contributed by atoms with Crippen LogP contribution in [-0.4, -0.2) is 48.6 Å². The van der Waals surface area contributed by atoms with E-state index in [2.05, 4.69) is 17.2 Å². The molecular formula is C14H18N2O3S. The number of amides is 2. The lowest BCUT2D eigenvalue weighted by Crippen LogP contribution is -2.38. The molecule has 20 heavy (non-hydrogen) atoms. The average Bonchev–Trinajstić information content (AvgIpc) is 2.90. The van der Waals surface area contributed by atoms with Crippen LogP contribution in [0.15, 0.2) is 12.1 Å². The molecule has 0 atom stereocenters. The summed E-state index contributed by atoms with van der Waals surface area (Å²) in [5.74, 6) is 4.90. The number of aliphatic hydroxyl groups excluding tert-OH is 1. The largest absolute Gasteiger partial charge is 0.384 e. The SMILES string of the molecule is CCCNC(=O)CN(C)C(=O)c1ccc(C#CCO)s1. The van der Waals surface area contributed by atoms with Crippen molar-refractivity contribution in [3.8, 4) is 11.8 Å². The van der Waals surface area contributed by atoms with E-state index in [1.807, 2.05) is 6.92 Å². The molecule has 108 valence electrons. The molecule has 0 saturated heterocycles. The van der Waals surface area contributed by atoms with Gasteiger partial charge in [0.15, 0.2) is 0 Å². The topological polar surface area (TPSA) is 69.6 Å². The van der Waals surface area contributed by atoms with Crippen molar-refractivity contribution in [2.45, 2.75) is 13.3 Å². The van der Waals surface area contributed by atoms with Gasteiger partial charge in [0.2, 0.25) is 5.91 Å². The molecule has 0 bridgehead atoms. The van der Waals surface area contributed by atoms with Crippen LogP contribution < -0.4 is 5.32 Å². The number of carbonyl (C=O) groups is 2. The first kappa shape index (κ1) is 16.2. The zero-order valence-corrected chi connectivity index (χ0v) is 12.4. The molecule has 0 saturated carbocycles. The Morgan fingerprint density at radius 2 is 2.20 bits per heavy atom. The van der Waals surface area contributed by atoms with Gasteiger partial charge in [-0.2, -0.15) is 0 Å². The van der Waals surface area contributed by atoms with Crippen LogP contribution in [-0.2, 0) is 4.79 Å². The van der Waals surface area contributed by atoms with E-state index in [0.29, 0.717) is 16.3 Å². The van der Waals surface area contributed by atoms with E-state index in [1.165, 1.54) is 16.2 Å². The van der Waals surface area contributed by atoms with E-state index >= 15 is 0 Å². The zero-order valence-electron chi connectivity index (χ0n) is 11.6. The average molecular weight is 294 g/mol. The number of nitrogens with one attached hydrogen (secondary N) is 1. The number of nitrogens with zero attached hydrogens (tertiary/aromatic N) is 1. The van der Waals surface area contributed by atoms with Crippen LogP contribution in [0.5, 0.6) is 0 Å². The summed E-state index contributed by atoms with van der Waals surface area (Å²) in [4.78, 5) is 26.3. The molecule has 1 heterocycles. The number of rotatable bonds is 5. The van der Waals surface area contributed by atoms with E-state index in [1.54, 1.807) is 19.2 Å². The second-order valence-electron chi connectivity index (χ2n) is 4.13. The molecule has 0 spiro atoms. The monoisotopic (exact) mass is 294 g/mol. The van der Waals surface area contributed by atoms with Gasteiger partial charge in [0.25, 0.3) is 5.91 Å². The summed E-state index contributed by atoms with van der Waals surface area (Å²) >= 11 is 1.25. The normalized spacial score (nSPS) is 9.55. The number of likely N-dealkylation sites (N-methyl/N-ethyl adjacent to an activating group) is 1. The third-order valence-electron chi connectivity index (χ3n) is 2.41. The molecule has 0 unspecified atom stereocenters. The molecule has 1 aromatic heterocycles. The van der Waals surface area contributed by atoms with Gasteiger partial charge in [0.1, 0.15) is 6.61 Å². The standard InChI is InChI=1S/C14H18N2O3S/c1-3-8-15-13(18)10-16(2)14(19)12-7-6-11(20-12)5-4-9-17/h6-7,17H,3,8-10H2,1-2H3,(H,15,18). The summed E-state index contributed by atoms with van der Waals surface area (Å²) in [7, 11) is 1.59. The smallest absolute Gasteiger partial charge is 0.264 e. The quantitative estimate of drug-likeness (QED) is 0.785. The summed E-state index contributed by atoms with van der Waals surface area (Å²) in [5.41, 5.74) is 0. The summed E-state index contributed by atoms with van der Waals surface area (Å²) < 4.78 is 0. The lowest BCUT2D eigenvalue weighted by atomic mass is 10.3. The fraction of sp³-hybridized carbons (Fsp3) is 0.429. The molecule has 0 fully saturated rings. The molecule has 0 aliphatic heterocycles. The number of hydrogen-bond donors (Lipinski definition) is 2. The Kier molecular flexibility index (Phi) is 6.77. The fourth-order valence-electron chi connectivity index (χ4n) is 1.44. The van der Waals surface area contributed by atoms with Crippen LogP contribution in [0.4, 0.5) is 0 Å². The first-order chi connectivity index (χ1) is 9.58. The van der Waals surface area contributed by atoms with E-state index in [9.17, 15) is 9.59 Å². The summed E-state index contributed by atoms with van der Waals surface area (Å²) in [5, 5.41) is 11.3. The zero-order chi connectivity index (χ0) is 15.0. The van der Waals surface area contributed by atoms with Crippen molar-refractivity contribution in [3.05, 3.63) is 21.9 Å². The van der Waals surface area contributed by atoms with E-state index < -0.39 is 0 Å². The molecule has 1 rings (SSSR count). The van der Waals surface area contributed by atoms with Gasteiger partial charge in [0.05, 0.1) is 16.3 Å². The number of carbonyl (C=O) groups excluding carboxylic acids is 2. The predicted octanol–water partition coefficient (Wildman–Crippen LogP) is 0.690. The Morgan fingerprint density at radius 1 is 1.45 bits per heavy atom. The third kappa shape index (κ3) is 5.03. The number of aliphatic hydroxyl groups is 1. The van der Waals surface area contributed by atoms with Crippen molar-refractivity contribution in [1.82, 2.24) is 10.2 Å². The van der Waals surface area contributed by atoms with Crippen LogP contribution in [0.1, 0.15) is 27.9 Å². The van der Waals surface area contributed by atoms with Crippen LogP contribution >= 0.6 is 11.3 Å². The fourth-order valence-corrected chi connectivity index (χ4v) is 2.32. The Bertz CT molecular complexity index is 528. The highest BCUT2D eigenvalue weighted by Gasteiger charge is 2.16. The molecule has 0 aliphatic rings. The van der Waals surface area contributed by atoms with E-state index in [0.717, 1.165) is 6.42 Å². The van der Waals surface area contributed by atoms with Gasteiger partial charge in [-0.1, -0.05) is 18.8 Å². The van der Waals surface area contributed by atoms with Crippen molar-refractivity contribution in [3.63, 3.8) is 0 Å². The predicted molar refractivity (Wildman–Crippen MR) is 78.5 cm³/mol. The van der Waals surface area contributed by atoms with Crippen molar-refractivity contribution in [2.24, 2.45) is 0 Å². The van der Waals surface area contributed by atoms with Gasteiger partial charge in [-0.25, -0.2) is 0 Å². The molecule has 6 heteroatoms. The highest BCUT2D eigenvalue weighted by molar-refractivity contribution is 7.14. The Labute approximate surface area is 122 Å². The second-order valence-corrected chi connectivity index (χ2v) is 5.22. The minimum absolute atomic E-state index is 0.0361. The molecule has 0 radical (unpaired) electrons. The minimum atomic E-state index is -0.210. The summed E-state index contributed by atoms with van der Waals surface area (Å²) in [6.45, 7) is 2.41. The first-order valence-corrected chi connectivity index (χ1v) is 7.11. The molecular weight excluding hydrogens is 276 g/mol. The van der Waals surface area contributed by atoms with Crippen molar-refractivity contribution in [2.75, 3.05) is 26.7 Å². The maximum absolute atomic E-state index is 12.1. The summed E-state index contributed by atoms with van der Waals surface area (Å²) in [6, 6.07) is 3.40. The first-order valence-electron chi connectivity index (χ1n) is 6.30. The second kappa shape index (κ2) is 8.35. The molecule has 1 aromatic rings. The molecule has 2 N–H and O–H groups in total. The van der Waals surface area contributed by atoms with Gasteiger partial charge < -0.3 is 15.3 Å². The Morgan fingerprint density at radius 3 is 2.85 bits per heavy atom. The van der Waals surface area contributed by atoms with Crippen LogP contribution in [0, 0.1) is 11.8 Å². The van der Waals surface area contributed by atoms with Crippen LogP contribution in [0.3, 0.4) is 0 Å². The maximum atomic E-state index is 12.1. The summed E-state index contributed by atoms with van der Waals surface area (Å²) in [6.07, 6.45) is 0.862. The van der Waals surface area contributed by atoms with E-state index in [-0.39, 0.29) is 25.0 Å².